The third kappa shape index (κ3) is 5.47. The molecule has 0 fully saturated rings. The van der Waals surface area contributed by atoms with Crippen LogP contribution in [-0.4, -0.2) is 24.8 Å². The lowest BCUT2D eigenvalue weighted by Gasteiger charge is -2.21. The molecule has 0 aliphatic rings. The molecule has 1 amide bonds. The molecule has 17 heavy (non-hydrogen) atoms. The van der Waals surface area contributed by atoms with Crippen LogP contribution in [0.15, 0.2) is 0 Å². The van der Waals surface area contributed by atoms with E-state index in [9.17, 15) is 31.1 Å². The van der Waals surface area contributed by atoms with Crippen molar-refractivity contribution in [2.45, 2.75) is 25.7 Å². The van der Waals surface area contributed by atoms with Crippen molar-refractivity contribution >= 4 is 5.91 Å². The van der Waals surface area contributed by atoms with Gasteiger partial charge >= 0.3 is 12.4 Å². The van der Waals surface area contributed by atoms with Crippen LogP contribution in [0, 0.1) is 17.8 Å². The first-order chi connectivity index (χ1) is 7.60. The second-order valence-corrected chi connectivity index (χ2v) is 2.98. The van der Waals surface area contributed by atoms with Crippen LogP contribution in [0.1, 0.15) is 13.3 Å². The summed E-state index contributed by atoms with van der Waals surface area (Å²) in [5.41, 5.74) is 0. The van der Waals surface area contributed by atoms with Gasteiger partial charge in [-0.05, 0) is 6.92 Å². The fourth-order valence-electron chi connectivity index (χ4n) is 0.958. The summed E-state index contributed by atoms with van der Waals surface area (Å²) >= 11 is 0. The summed E-state index contributed by atoms with van der Waals surface area (Å²) in [6.07, 6.45) is -11.3. The van der Waals surface area contributed by atoms with Gasteiger partial charge in [-0.1, -0.05) is 0 Å². The van der Waals surface area contributed by atoms with Crippen molar-refractivity contribution in [2.75, 3.05) is 6.54 Å². The molecule has 0 saturated carbocycles. The minimum absolute atomic E-state index is 0.00925. The van der Waals surface area contributed by atoms with Gasteiger partial charge in [0.15, 0.2) is 0 Å². The Kier molecular flexibility index (Phi) is 5.32. The van der Waals surface area contributed by atoms with E-state index in [0.717, 1.165) is 0 Å². The number of carbonyl (C=O) groups is 1. The molecule has 0 unspecified atom stereocenters. The fourth-order valence-corrected chi connectivity index (χ4v) is 0.958. The average Bonchev–Trinajstić information content (AvgIpc) is 2.07. The second kappa shape index (κ2) is 5.80. The predicted molar refractivity (Wildman–Crippen MR) is 46.7 cm³/mol. The quantitative estimate of drug-likeness (QED) is 0.471. The molecule has 0 spiro atoms. The fraction of sp³-hybridized carbons (Fsp3) is 0.667. The van der Waals surface area contributed by atoms with Crippen LogP contribution >= 0.6 is 0 Å². The van der Waals surface area contributed by atoms with Gasteiger partial charge in [-0.15, -0.1) is 11.8 Å². The topological polar surface area (TPSA) is 29.1 Å². The highest BCUT2D eigenvalue weighted by molar-refractivity contribution is 5.80. The summed E-state index contributed by atoms with van der Waals surface area (Å²) in [4.78, 5) is 10.8. The van der Waals surface area contributed by atoms with E-state index in [4.69, 9.17) is 0 Å². The Bertz CT molecular complexity index is 307. The number of amides is 1. The van der Waals surface area contributed by atoms with Crippen molar-refractivity contribution < 1.29 is 31.1 Å². The standard InChI is InChI=1S/C9H9F6NO/c1-2-3-4-5-16-7(17)6(8(10,11)12)9(13,14)15/h6H,4-5H2,1H3,(H,16,17). The molecule has 0 atom stereocenters. The Morgan fingerprint density at radius 2 is 1.65 bits per heavy atom. The van der Waals surface area contributed by atoms with Crippen molar-refractivity contribution in [3.8, 4) is 11.8 Å². The third-order valence-corrected chi connectivity index (χ3v) is 1.64. The van der Waals surface area contributed by atoms with Crippen molar-refractivity contribution in [3.05, 3.63) is 0 Å². The van der Waals surface area contributed by atoms with Gasteiger partial charge in [0, 0.05) is 13.0 Å². The van der Waals surface area contributed by atoms with Crippen molar-refractivity contribution in [1.82, 2.24) is 5.32 Å². The lowest BCUT2D eigenvalue weighted by Crippen LogP contribution is -2.48. The Morgan fingerprint density at radius 1 is 1.18 bits per heavy atom. The van der Waals surface area contributed by atoms with Crippen LogP contribution in [0.3, 0.4) is 0 Å². The number of rotatable bonds is 3. The number of alkyl halides is 6. The summed E-state index contributed by atoms with van der Waals surface area (Å²) in [6, 6.07) is 0. The molecule has 0 aromatic rings. The molecule has 98 valence electrons. The van der Waals surface area contributed by atoms with Crippen LogP contribution in [0.2, 0.25) is 0 Å². The molecule has 0 aliphatic heterocycles. The van der Waals surface area contributed by atoms with Gasteiger partial charge in [0.2, 0.25) is 11.8 Å². The highest BCUT2D eigenvalue weighted by Gasteiger charge is 2.60. The molecular weight excluding hydrogens is 252 g/mol. The number of carbonyl (C=O) groups excluding carboxylic acids is 1. The largest absolute Gasteiger partial charge is 0.409 e. The summed E-state index contributed by atoms with van der Waals surface area (Å²) in [7, 11) is 0. The van der Waals surface area contributed by atoms with E-state index in [-0.39, 0.29) is 13.0 Å². The Hall–Kier alpha value is -1.39. The molecule has 0 heterocycles. The van der Waals surface area contributed by atoms with E-state index in [1.54, 1.807) is 5.32 Å². The Balaban J connectivity index is 4.61. The van der Waals surface area contributed by atoms with E-state index in [2.05, 4.69) is 11.8 Å². The summed E-state index contributed by atoms with van der Waals surface area (Å²) < 4.78 is 72.2. The van der Waals surface area contributed by atoms with Crippen molar-refractivity contribution in [2.24, 2.45) is 5.92 Å². The van der Waals surface area contributed by atoms with Gasteiger partial charge in [0.05, 0.1) is 0 Å². The molecule has 0 rings (SSSR count). The monoisotopic (exact) mass is 261 g/mol. The zero-order chi connectivity index (χ0) is 13.7. The normalized spacial score (nSPS) is 12.0. The van der Waals surface area contributed by atoms with Gasteiger partial charge in [-0.2, -0.15) is 26.3 Å². The first-order valence-corrected chi connectivity index (χ1v) is 4.41. The van der Waals surface area contributed by atoms with Gasteiger partial charge < -0.3 is 5.32 Å². The van der Waals surface area contributed by atoms with Crippen LogP contribution in [0.4, 0.5) is 26.3 Å². The maximum Gasteiger partial charge on any atom is 0.409 e. The average molecular weight is 261 g/mol. The van der Waals surface area contributed by atoms with Gasteiger partial charge in [-0.25, -0.2) is 0 Å². The number of hydrogen-bond acceptors (Lipinski definition) is 1. The summed E-state index contributed by atoms with van der Waals surface area (Å²) in [6.45, 7) is 1.10. The molecule has 8 heteroatoms. The lowest BCUT2D eigenvalue weighted by atomic mass is 10.1. The lowest BCUT2D eigenvalue weighted by molar-refractivity contribution is -0.274. The first kappa shape index (κ1) is 15.6. The minimum atomic E-state index is -5.65. The first-order valence-electron chi connectivity index (χ1n) is 4.41. The second-order valence-electron chi connectivity index (χ2n) is 2.98. The molecule has 0 aromatic heterocycles. The highest BCUT2D eigenvalue weighted by atomic mass is 19.4. The number of halogens is 6. The maximum atomic E-state index is 12.0. The smallest absolute Gasteiger partial charge is 0.354 e. The molecule has 0 aliphatic carbocycles. The van der Waals surface area contributed by atoms with E-state index < -0.39 is 24.2 Å². The maximum absolute atomic E-state index is 12.0. The highest BCUT2D eigenvalue weighted by Crippen LogP contribution is 2.39. The Morgan fingerprint density at radius 3 is 2.00 bits per heavy atom. The van der Waals surface area contributed by atoms with E-state index in [1.807, 2.05) is 0 Å². The number of hydrogen-bond donors (Lipinski definition) is 1. The SMILES string of the molecule is CC#CCCNC(=O)C(C(F)(F)F)C(F)(F)F. The van der Waals surface area contributed by atoms with Gasteiger partial charge in [-0.3, -0.25) is 4.79 Å². The predicted octanol–water partition coefficient (Wildman–Crippen LogP) is 2.26. The van der Waals surface area contributed by atoms with Gasteiger partial charge in [0.25, 0.3) is 0 Å². The van der Waals surface area contributed by atoms with E-state index in [1.165, 1.54) is 6.92 Å². The Labute approximate surface area is 93.4 Å². The number of nitrogens with one attached hydrogen (secondary N) is 1. The molecule has 2 nitrogen and oxygen atoms in total. The van der Waals surface area contributed by atoms with E-state index in [0.29, 0.717) is 0 Å². The van der Waals surface area contributed by atoms with E-state index >= 15 is 0 Å². The van der Waals surface area contributed by atoms with Crippen molar-refractivity contribution in [1.29, 1.82) is 0 Å². The van der Waals surface area contributed by atoms with Gasteiger partial charge in [0.1, 0.15) is 0 Å². The molecule has 0 radical (unpaired) electrons. The van der Waals surface area contributed by atoms with Crippen LogP contribution < -0.4 is 5.32 Å². The molecule has 0 bridgehead atoms. The van der Waals surface area contributed by atoms with Crippen LogP contribution in [0.25, 0.3) is 0 Å². The third-order valence-electron chi connectivity index (χ3n) is 1.64. The molecule has 0 saturated heterocycles. The van der Waals surface area contributed by atoms with Crippen molar-refractivity contribution in [3.63, 3.8) is 0 Å². The molecule has 1 N–H and O–H groups in total. The summed E-state index contributed by atoms with van der Waals surface area (Å²) in [5.74, 6) is -1.33. The van der Waals surface area contributed by atoms with Crippen LogP contribution in [-0.2, 0) is 4.79 Å². The molecule has 0 aromatic carbocycles. The molecular formula is C9H9F6NO. The zero-order valence-electron chi connectivity index (χ0n) is 8.67. The zero-order valence-corrected chi connectivity index (χ0v) is 8.67. The summed E-state index contributed by atoms with van der Waals surface area (Å²) in [5, 5.41) is 1.55. The minimum Gasteiger partial charge on any atom is -0.354 e. The van der Waals surface area contributed by atoms with Crippen LogP contribution in [0.5, 0.6) is 0 Å².